The number of nitrogens with zero attached hydrogens (tertiary/aromatic N) is 4. The van der Waals surface area contributed by atoms with Crippen molar-refractivity contribution in [2.45, 2.75) is 0 Å². The Morgan fingerprint density at radius 2 is 0.667 bits per heavy atom. The molecule has 6 aromatic rings. The summed E-state index contributed by atoms with van der Waals surface area (Å²) in [7, 11) is 0. The van der Waals surface area contributed by atoms with Gasteiger partial charge >= 0.3 is 0 Å². The van der Waals surface area contributed by atoms with Crippen molar-refractivity contribution in [3.05, 3.63) is 134 Å². The molecule has 0 saturated carbocycles. The Hall–Kier alpha value is -4.96. The van der Waals surface area contributed by atoms with Gasteiger partial charge in [0.15, 0.2) is 0 Å². The van der Waals surface area contributed by atoms with Gasteiger partial charge in [-0.05, 0) is 60.7 Å². The van der Waals surface area contributed by atoms with Crippen LogP contribution < -0.4 is 0 Å². The summed E-state index contributed by atoms with van der Waals surface area (Å²) in [5.74, 6) is 0. The van der Waals surface area contributed by atoms with Gasteiger partial charge in [0.2, 0.25) is 0 Å². The van der Waals surface area contributed by atoms with Gasteiger partial charge in [-0.1, -0.05) is 60.7 Å². The topological polar surface area (TPSA) is 51.6 Å². The summed E-state index contributed by atoms with van der Waals surface area (Å²) in [5, 5.41) is 0. The van der Waals surface area contributed by atoms with Gasteiger partial charge in [-0.3, -0.25) is 9.97 Å². The molecule has 0 aliphatic heterocycles. The van der Waals surface area contributed by atoms with E-state index >= 15 is 0 Å². The van der Waals surface area contributed by atoms with E-state index in [0.29, 0.717) is 0 Å². The van der Waals surface area contributed by atoms with Crippen molar-refractivity contribution in [2.24, 2.45) is 0 Å². The zero-order valence-electron chi connectivity index (χ0n) is 19.5. The Morgan fingerprint density at radius 3 is 1.08 bits per heavy atom. The molecular weight excluding hydrogens is 440 g/mol. The molecule has 4 heteroatoms. The second-order valence-electron chi connectivity index (χ2n) is 8.41. The maximum absolute atomic E-state index is 4.96. The molecule has 0 bridgehead atoms. The monoisotopic (exact) mass is 462 g/mol. The van der Waals surface area contributed by atoms with Crippen molar-refractivity contribution in [3.63, 3.8) is 0 Å². The molecule has 0 aliphatic rings. The third-order valence-corrected chi connectivity index (χ3v) is 6.00. The summed E-state index contributed by atoms with van der Waals surface area (Å²) in [6.45, 7) is 0. The van der Waals surface area contributed by atoms with Crippen LogP contribution >= 0.6 is 0 Å². The zero-order valence-corrected chi connectivity index (χ0v) is 19.5. The molecule has 0 atom stereocenters. The van der Waals surface area contributed by atoms with Gasteiger partial charge in [0, 0.05) is 34.6 Å². The summed E-state index contributed by atoms with van der Waals surface area (Å²) in [6, 6.07) is 40.6. The molecule has 0 unspecified atom stereocenters. The van der Waals surface area contributed by atoms with Crippen molar-refractivity contribution in [1.82, 2.24) is 19.9 Å². The van der Waals surface area contributed by atoms with E-state index < -0.39 is 0 Å². The highest BCUT2D eigenvalue weighted by Gasteiger charge is 2.09. The second-order valence-corrected chi connectivity index (χ2v) is 8.41. The quantitative estimate of drug-likeness (QED) is 0.265. The molecule has 4 aromatic heterocycles. The van der Waals surface area contributed by atoms with E-state index in [9.17, 15) is 0 Å². The Balaban J connectivity index is 1.34. The van der Waals surface area contributed by atoms with Gasteiger partial charge in [-0.15, -0.1) is 0 Å². The lowest BCUT2D eigenvalue weighted by Gasteiger charge is -2.09. The first-order chi connectivity index (χ1) is 17.8. The minimum Gasteiger partial charge on any atom is -0.256 e. The van der Waals surface area contributed by atoms with Crippen molar-refractivity contribution in [2.75, 3.05) is 0 Å². The molecule has 0 spiro atoms. The number of aromatic nitrogens is 4. The first kappa shape index (κ1) is 21.6. The van der Waals surface area contributed by atoms with Crippen LogP contribution in [0.4, 0.5) is 0 Å². The Morgan fingerprint density at radius 1 is 0.306 bits per heavy atom. The van der Waals surface area contributed by atoms with Gasteiger partial charge in [-0.2, -0.15) is 0 Å². The molecule has 6 rings (SSSR count). The minimum atomic E-state index is 0.832. The van der Waals surface area contributed by atoms with E-state index in [2.05, 4.69) is 46.4 Å². The van der Waals surface area contributed by atoms with Crippen LogP contribution in [-0.4, -0.2) is 19.9 Å². The van der Waals surface area contributed by atoms with Crippen molar-refractivity contribution < 1.29 is 0 Å². The summed E-state index contributed by atoms with van der Waals surface area (Å²) in [6.07, 6.45) is 3.62. The molecule has 0 amide bonds. The van der Waals surface area contributed by atoms with Gasteiger partial charge in [0.1, 0.15) is 0 Å². The molecule has 0 saturated heterocycles. The largest absolute Gasteiger partial charge is 0.256 e. The maximum Gasteiger partial charge on any atom is 0.0893 e. The zero-order chi connectivity index (χ0) is 24.2. The lowest BCUT2D eigenvalue weighted by molar-refractivity contribution is 1.25. The highest BCUT2D eigenvalue weighted by atomic mass is 14.8. The SMILES string of the molecule is c1ccc(-c2cccc(-c3cccc(-c4cccc(-c5cccc(-c6ccccn6)c5)n4)n3)c2)nc1. The summed E-state index contributed by atoms with van der Waals surface area (Å²) < 4.78 is 0. The van der Waals surface area contributed by atoms with Crippen molar-refractivity contribution >= 4 is 0 Å². The van der Waals surface area contributed by atoms with Crippen LogP contribution in [0.1, 0.15) is 0 Å². The molecule has 0 aliphatic carbocycles. The average molecular weight is 463 g/mol. The van der Waals surface area contributed by atoms with E-state index in [1.54, 1.807) is 0 Å². The first-order valence-corrected chi connectivity index (χ1v) is 11.8. The van der Waals surface area contributed by atoms with Crippen molar-refractivity contribution in [1.29, 1.82) is 0 Å². The van der Waals surface area contributed by atoms with E-state index in [0.717, 1.165) is 56.4 Å². The van der Waals surface area contributed by atoms with Gasteiger partial charge in [0.05, 0.1) is 34.2 Å². The molecule has 4 nitrogen and oxygen atoms in total. The summed E-state index contributed by atoms with van der Waals surface area (Å²) in [4.78, 5) is 18.9. The fourth-order valence-corrected chi connectivity index (χ4v) is 4.22. The van der Waals surface area contributed by atoms with Gasteiger partial charge in [0.25, 0.3) is 0 Å². The van der Waals surface area contributed by atoms with E-state index in [1.807, 2.05) is 97.3 Å². The van der Waals surface area contributed by atoms with Crippen LogP contribution in [0.2, 0.25) is 0 Å². The molecule has 170 valence electrons. The van der Waals surface area contributed by atoms with Crippen LogP contribution in [0.3, 0.4) is 0 Å². The van der Waals surface area contributed by atoms with Crippen LogP contribution in [-0.2, 0) is 0 Å². The van der Waals surface area contributed by atoms with Gasteiger partial charge in [-0.25, -0.2) is 9.97 Å². The number of hydrogen-bond donors (Lipinski definition) is 0. The normalized spacial score (nSPS) is 10.8. The molecular formula is C32H22N4. The molecule has 0 radical (unpaired) electrons. The minimum absolute atomic E-state index is 0.832. The summed E-state index contributed by atoms with van der Waals surface area (Å²) >= 11 is 0. The first-order valence-electron chi connectivity index (χ1n) is 11.8. The standard InChI is InChI=1S/C32H22N4/c1-3-19-33-27(13-1)23-9-5-11-25(21-23)29-15-7-17-31(35-29)32-18-8-16-30(36-32)26-12-6-10-24(22-26)28-14-2-4-20-34-28/h1-22H. The molecule has 2 aromatic carbocycles. The predicted octanol–water partition coefficient (Wildman–Crippen LogP) is 7.60. The summed E-state index contributed by atoms with van der Waals surface area (Å²) in [5.41, 5.74) is 9.55. The van der Waals surface area contributed by atoms with Crippen LogP contribution in [0.25, 0.3) is 56.4 Å². The smallest absolute Gasteiger partial charge is 0.0893 e. The number of rotatable bonds is 5. The van der Waals surface area contributed by atoms with E-state index in [-0.39, 0.29) is 0 Å². The van der Waals surface area contributed by atoms with E-state index in [1.165, 1.54) is 0 Å². The Bertz CT molecular complexity index is 1500. The third-order valence-electron chi connectivity index (χ3n) is 6.00. The third kappa shape index (κ3) is 4.52. The fourth-order valence-electron chi connectivity index (χ4n) is 4.22. The van der Waals surface area contributed by atoms with Crippen molar-refractivity contribution in [3.8, 4) is 56.4 Å². The highest BCUT2D eigenvalue weighted by Crippen LogP contribution is 2.28. The number of benzene rings is 2. The van der Waals surface area contributed by atoms with E-state index in [4.69, 9.17) is 9.97 Å². The second kappa shape index (κ2) is 9.72. The predicted molar refractivity (Wildman–Crippen MR) is 145 cm³/mol. The number of hydrogen-bond acceptors (Lipinski definition) is 4. The lowest BCUT2D eigenvalue weighted by atomic mass is 10.0. The molecule has 0 N–H and O–H groups in total. The van der Waals surface area contributed by atoms with Crippen LogP contribution in [0.5, 0.6) is 0 Å². The fraction of sp³-hybridized carbons (Fsp3) is 0. The lowest BCUT2D eigenvalue weighted by Crippen LogP contribution is -1.93. The molecule has 36 heavy (non-hydrogen) atoms. The Kier molecular flexibility index (Phi) is 5.83. The number of pyridine rings is 4. The molecule has 0 fully saturated rings. The van der Waals surface area contributed by atoms with Crippen LogP contribution in [0, 0.1) is 0 Å². The van der Waals surface area contributed by atoms with Crippen LogP contribution in [0.15, 0.2) is 134 Å². The average Bonchev–Trinajstić information content (AvgIpc) is 2.98. The maximum atomic E-state index is 4.96. The highest BCUT2D eigenvalue weighted by molar-refractivity contribution is 5.73. The van der Waals surface area contributed by atoms with Gasteiger partial charge < -0.3 is 0 Å². The molecule has 4 heterocycles. The Labute approximate surface area is 210 Å².